The molecular formula is C15H12F2O. The molecule has 92 valence electrons. The molecule has 0 heterocycles. The van der Waals surface area contributed by atoms with Crippen molar-refractivity contribution < 1.29 is 13.5 Å². The molecule has 1 atom stereocenters. The molecule has 3 heteroatoms. The molecule has 1 unspecified atom stereocenters. The SMILES string of the molecule is FC1(F)CC1c1ccc(Oc2ccccc2)cc1. The Kier molecular flexibility index (Phi) is 2.54. The molecule has 0 bridgehead atoms. The molecule has 3 rings (SSSR count). The zero-order chi connectivity index (χ0) is 12.6. The monoisotopic (exact) mass is 246 g/mol. The molecule has 2 aromatic carbocycles. The van der Waals surface area contributed by atoms with Gasteiger partial charge in [0.1, 0.15) is 11.5 Å². The Morgan fingerprint density at radius 2 is 1.44 bits per heavy atom. The second kappa shape index (κ2) is 4.09. The van der Waals surface area contributed by atoms with Crippen LogP contribution in [-0.4, -0.2) is 5.92 Å². The van der Waals surface area contributed by atoms with Crippen LogP contribution >= 0.6 is 0 Å². The van der Waals surface area contributed by atoms with Gasteiger partial charge in [0.15, 0.2) is 0 Å². The first-order chi connectivity index (χ1) is 8.65. The van der Waals surface area contributed by atoms with Crippen molar-refractivity contribution in [3.05, 3.63) is 60.2 Å². The molecule has 1 nitrogen and oxygen atoms in total. The summed E-state index contributed by atoms with van der Waals surface area (Å²) in [6, 6.07) is 16.3. The predicted molar refractivity (Wildman–Crippen MR) is 65.3 cm³/mol. The molecule has 0 radical (unpaired) electrons. The highest BCUT2D eigenvalue weighted by atomic mass is 19.3. The van der Waals surface area contributed by atoms with Crippen LogP contribution in [0.15, 0.2) is 54.6 Å². The van der Waals surface area contributed by atoms with Gasteiger partial charge in [0.2, 0.25) is 0 Å². The van der Waals surface area contributed by atoms with Crippen LogP contribution in [0.3, 0.4) is 0 Å². The van der Waals surface area contributed by atoms with Crippen molar-refractivity contribution in [2.45, 2.75) is 18.3 Å². The van der Waals surface area contributed by atoms with Gasteiger partial charge in [0.25, 0.3) is 5.92 Å². The molecule has 1 aliphatic rings. The number of halogens is 2. The Bertz CT molecular complexity index is 534. The van der Waals surface area contributed by atoms with Gasteiger partial charge < -0.3 is 4.74 Å². The van der Waals surface area contributed by atoms with E-state index in [-0.39, 0.29) is 6.42 Å². The van der Waals surface area contributed by atoms with Crippen molar-refractivity contribution in [2.75, 3.05) is 0 Å². The number of ether oxygens (including phenoxy) is 1. The van der Waals surface area contributed by atoms with Crippen molar-refractivity contribution in [3.8, 4) is 11.5 Å². The summed E-state index contributed by atoms with van der Waals surface area (Å²) in [5.74, 6) is -1.72. The molecule has 1 aliphatic carbocycles. The Labute approximate surface area is 104 Å². The van der Waals surface area contributed by atoms with Gasteiger partial charge in [0.05, 0.1) is 5.92 Å². The third-order valence-corrected chi connectivity index (χ3v) is 3.09. The molecule has 18 heavy (non-hydrogen) atoms. The molecule has 1 fully saturated rings. The van der Waals surface area contributed by atoms with E-state index in [0.29, 0.717) is 11.3 Å². The lowest BCUT2D eigenvalue weighted by atomic mass is 10.1. The number of para-hydroxylation sites is 1. The zero-order valence-electron chi connectivity index (χ0n) is 9.64. The number of benzene rings is 2. The number of hydrogen-bond acceptors (Lipinski definition) is 1. The lowest BCUT2D eigenvalue weighted by Crippen LogP contribution is -1.92. The van der Waals surface area contributed by atoms with Crippen LogP contribution in [0.25, 0.3) is 0 Å². The van der Waals surface area contributed by atoms with Crippen LogP contribution in [0.2, 0.25) is 0 Å². The highest BCUT2D eigenvalue weighted by Gasteiger charge is 2.57. The van der Waals surface area contributed by atoms with Crippen molar-refractivity contribution >= 4 is 0 Å². The van der Waals surface area contributed by atoms with Crippen molar-refractivity contribution in [3.63, 3.8) is 0 Å². The molecule has 2 aromatic rings. The van der Waals surface area contributed by atoms with Crippen LogP contribution in [0.1, 0.15) is 17.9 Å². The van der Waals surface area contributed by atoms with Crippen molar-refractivity contribution in [1.29, 1.82) is 0 Å². The van der Waals surface area contributed by atoms with Crippen LogP contribution in [0, 0.1) is 0 Å². The highest BCUT2D eigenvalue weighted by Crippen LogP contribution is 2.55. The largest absolute Gasteiger partial charge is 0.457 e. The molecule has 0 aromatic heterocycles. The smallest absolute Gasteiger partial charge is 0.255 e. The minimum Gasteiger partial charge on any atom is -0.457 e. The first kappa shape index (κ1) is 11.2. The van der Waals surface area contributed by atoms with Gasteiger partial charge >= 0.3 is 0 Å². The summed E-state index contributed by atoms with van der Waals surface area (Å²) in [5, 5.41) is 0. The quantitative estimate of drug-likeness (QED) is 0.769. The van der Waals surface area contributed by atoms with Crippen molar-refractivity contribution in [1.82, 2.24) is 0 Å². The number of hydrogen-bond donors (Lipinski definition) is 0. The lowest BCUT2D eigenvalue weighted by Gasteiger charge is -2.06. The van der Waals surface area contributed by atoms with E-state index in [1.54, 1.807) is 24.3 Å². The topological polar surface area (TPSA) is 9.23 Å². The van der Waals surface area contributed by atoms with Gasteiger partial charge in [-0.15, -0.1) is 0 Å². The Balaban J connectivity index is 1.72. The summed E-state index contributed by atoms with van der Waals surface area (Å²) in [4.78, 5) is 0. The minimum atomic E-state index is -2.51. The van der Waals surface area contributed by atoms with Crippen LogP contribution in [0.5, 0.6) is 11.5 Å². The van der Waals surface area contributed by atoms with Gasteiger partial charge in [-0.3, -0.25) is 0 Å². The van der Waals surface area contributed by atoms with E-state index in [9.17, 15) is 8.78 Å². The maximum absolute atomic E-state index is 12.9. The normalized spacial score (nSPS) is 20.4. The number of rotatable bonds is 3. The predicted octanol–water partition coefficient (Wildman–Crippen LogP) is 4.60. The average molecular weight is 246 g/mol. The van der Waals surface area contributed by atoms with E-state index in [1.807, 2.05) is 30.3 Å². The molecule has 0 amide bonds. The standard InChI is InChI=1S/C15H12F2O/c16-15(17)10-14(15)11-6-8-13(9-7-11)18-12-4-2-1-3-5-12/h1-9,14H,10H2. The summed E-state index contributed by atoms with van der Waals surface area (Å²) >= 11 is 0. The van der Waals surface area contributed by atoms with Gasteiger partial charge in [-0.05, 0) is 29.8 Å². The highest BCUT2D eigenvalue weighted by molar-refractivity contribution is 5.37. The van der Waals surface area contributed by atoms with Crippen LogP contribution in [0.4, 0.5) is 8.78 Å². The Morgan fingerprint density at radius 3 is 2.00 bits per heavy atom. The second-order valence-electron chi connectivity index (χ2n) is 4.50. The minimum absolute atomic E-state index is 0.0358. The van der Waals surface area contributed by atoms with Crippen LogP contribution in [-0.2, 0) is 0 Å². The first-order valence-electron chi connectivity index (χ1n) is 5.86. The summed E-state index contributed by atoms with van der Waals surface area (Å²) in [5.41, 5.74) is 0.681. The number of alkyl halides is 2. The van der Waals surface area contributed by atoms with E-state index in [2.05, 4.69) is 0 Å². The van der Waals surface area contributed by atoms with Gasteiger partial charge in [-0.25, -0.2) is 8.78 Å². The first-order valence-corrected chi connectivity index (χ1v) is 5.86. The molecule has 0 spiro atoms. The van der Waals surface area contributed by atoms with E-state index in [4.69, 9.17) is 4.74 Å². The fourth-order valence-electron chi connectivity index (χ4n) is 1.97. The van der Waals surface area contributed by atoms with Gasteiger partial charge in [0, 0.05) is 6.42 Å². The summed E-state index contributed by atoms with van der Waals surface area (Å²) in [6.07, 6.45) is -0.0358. The summed E-state index contributed by atoms with van der Waals surface area (Å²) in [7, 11) is 0. The molecule has 0 aliphatic heterocycles. The van der Waals surface area contributed by atoms with E-state index >= 15 is 0 Å². The fraction of sp³-hybridized carbons (Fsp3) is 0.200. The molecule has 1 saturated carbocycles. The van der Waals surface area contributed by atoms with E-state index in [1.165, 1.54) is 0 Å². The summed E-state index contributed by atoms with van der Waals surface area (Å²) in [6.45, 7) is 0. The third-order valence-electron chi connectivity index (χ3n) is 3.09. The lowest BCUT2D eigenvalue weighted by molar-refractivity contribution is 0.112. The second-order valence-corrected chi connectivity index (χ2v) is 4.50. The Hall–Kier alpha value is -1.90. The van der Waals surface area contributed by atoms with E-state index < -0.39 is 11.8 Å². The van der Waals surface area contributed by atoms with Gasteiger partial charge in [-0.2, -0.15) is 0 Å². The van der Waals surface area contributed by atoms with Crippen LogP contribution < -0.4 is 4.74 Å². The molecule has 0 saturated heterocycles. The maximum Gasteiger partial charge on any atom is 0.255 e. The van der Waals surface area contributed by atoms with E-state index in [0.717, 1.165) is 5.75 Å². The third kappa shape index (κ3) is 2.21. The molecular weight excluding hydrogens is 234 g/mol. The fourth-order valence-corrected chi connectivity index (χ4v) is 1.97. The molecule has 0 N–H and O–H groups in total. The maximum atomic E-state index is 12.9. The van der Waals surface area contributed by atoms with Crippen molar-refractivity contribution in [2.24, 2.45) is 0 Å². The zero-order valence-corrected chi connectivity index (χ0v) is 9.64. The average Bonchev–Trinajstić information content (AvgIpc) is 3.01. The Morgan fingerprint density at radius 1 is 0.889 bits per heavy atom. The van der Waals surface area contributed by atoms with Gasteiger partial charge in [-0.1, -0.05) is 30.3 Å². The summed E-state index contributed by atoms with van der Waals surface area (Å²) < 4.78 is 31.4.